The standard InChI is InChI=1S/C15H16ClNO/c1-17-9-11(8-10-4-2-7-14(10)18)12-5-3-6-13(16)15(12)17/h3,5-6,9-10H,2,4,7-8H2,1H3. The van der Waals surface area contributed by atoms with Crippen molar-refractivity contribution >= 4 is 28.3 Å². The van der Waals surface area contributed by atoms with Crippen LogP contribution >= 0.6 is 11.6 Å². The first-order valence-corrected chi connectivity index (χ1v) is 6.80. The van der Waals surface area contributed by atoms with E-state index in [-0.39, 0.29) is 5.92 Å². The van der Waals surface area contributed by atoms with Gasteiger partial charge >= 0.3 is 0 Å². The van der Waals surface area contributed by atoms with E-state index < -0.39 is 0 Å². The number of aryl methyl sites for hydroxylation is 1. The number of carbonyl (C=O) groups excluding carboxylic acids is 1. The summed E-state index contributed by atoms with van der Waals surface area (Å²) in [7, 11) is 2.01. The number of ketones is 1. The van der Waals surface area contributed by atoms with Gasteiger partial charge in [-0.15, -0.1) is 0 Å². The number of nitrogens with zero attached hydrogens (tertiary/aromatic N) is 1. The van der Waals surface area contributed by atoms with Gasteiger partial charge in [0.15, 0.2) is 0 Å². The van der Waals surface area contributed by atoms with Crippen LogP contribution in [-0.4, -0.2) is 10.4 Å². The van der Waals surface area contributed by atoms with E-state index in [0.717, 1.165) is 36.2 Å². The van der Waals surface area contributed by atoms with E-state index in [1.807, 2.05) is 19.2 Å². The Morgan fingerprint density at radius 1 is 1.44 bits per heavy atom. The van der Waals surface area contributed by atoms with Crippen molar-refractivity contribution in [2.45, 2.75) is 25.7 Å². The number of fused-ring (bicyclic) bond motifs is 1. The third-order valence-corrected chi connectivity index (χ3v) is 4.24. The van der Waals surface area contributed by atoms with Crippen LogP contribution in [0.2, 0.25) is 5.02 Å². The summed E-state index contributed by atoms with van der Waals surface area (Å²) in [4.78, 5) is 11.8. The van der Waals surface area contributed by atoms with E-state index in [1.165, 1.54) is 10.9 Å². The first-order valence-electron chi connectivity index (χ1n) is 6.42. The Hall–Kier alpha value is -1.28. The molecule has 1 aliphatic carbocycles. The summed E-state index contributed by atoms with van der Waals surface area (Å²) in [6.45, 7) is 0. The van der Waals surface area contributed by atoms with Crippen LogP contribution in [0.3, 0.4) is 0 Å². The summed E-state index contributed by atoms with van der Waals surface area (Å²) >= 11 is 6.23. The molecule has 0 saturated heterocycles. The van der Waals surface area contributed by atoms with Crippen molar-refractivity contribution in [3.8, 4) is 0 Å². The molecule has 0 bridgehead atoms. The molecule has 1 fully saturated rings. The first-order chi connectivity index (χ1) is 8.66. The fourth-order valence-corrected chi connectivity index (χ4v) is 3.34. The summed E-state index contributed by atoms with van der Waals surface area (Å²) in [5.41, 5.74) is 2.31. The fraction of sp³-hybridized carbons (Fsp3) is 0.400. The molecule has 1 unspecified atom stereocenters. The molecule has 1 saturated carbocycles. The molecule has 94 valence electrons. The smallest absolute Gasteiger partial charge is 0.136 e. The van der Waals surface area contributed by atoms with Gasteiger partial charge in [0.05, 0.1) is 10.5 Å². The van der Waals surface area contributed by atoms with Gasteiger partial charge in [-0.1, -0.05) is 23.7 Å². The monoisotopic (exact) mass is 261 g/mol. The molecule has 1 atom stereocenters. The lowest BCUT2D eigenvalue weighted by Gasteiger charge is -2.06. The minimum atomic E-state index is 0.217. The second-order valence-electron chi connectivity index (χ2n) is 5.16. The van der Waals surface area contributed by atoms with Crippen LogP contribution in [0, 0.1) is 5.92 Å². The van der Waals surface area contributed by atoms with Crippen LogP contribution in [0.15, 0.2) is 24.4 Å². The SMILES string of the molecule is Cn1cc(CC2CCCC2=O)c2cccc(Cl)c21. The number of halogens is 1. The van der Waals surface area contributed by atoms with E-state index in [4.69, 9.17) is 11.6 Å². The Bertz CT molecular complexity index is 614. The fourth-order valence-electron chi connectivity index (χ4n) is 3.03. The first kappa shape index (κ1) is 11.8. The third kappa shape index (κ3) is 1.85. The number of rotatable bonds is 2. The summed E-state index contributed by atoms with van der Waals surface area (Å²) in [6, 6.07) is 5.98. The van der Waals surface area contributed by atoms with Crippen molar-refractivity contribution in [1.29, 1.82) is 0 Å². The molecule has 3 rings (SSSR count). The molecular weight excluding hydrogens is 246 g/mol. The predicted molar refractivity (Wildman–Crippen MR) is 74.0 cm³/mol. The van der Waals surface area contributed by atoms with E-state index in [2.05, 4.69) is 16.8 Å². The van der Waals surface area contributed by atoms with Gasteiger partial charge in [-0.25, -0.2) is 0 Å². The van der Waals surface area contributed by atoms with Crippen molar-refractivity contribution in [3.05, 3.63) is 35.0 Å². The average molecular weight is 262 g/mol. The Morgan fingerprint density at radius 2 is 2.28 bits per heavy atom. The maximum atomic E-state index is 11.8. The second-order valence-corrected chi connectivity index (χ2v) is 5.57. The van der Waals surface area contributed by atoms with Crippen molar-refractivity contribution in [3.63, 3.8) is 0 Å². The zero-order valence-electron chi connectivity index (χ0n) is 10.4. The normalized spacial score (nSPS) is 19.9. The quantitative estimate of drug-likeness (QED) is 0.807. The summed E-state index contributed by atoms with van der Waals surface area (Å²) in [6.07, 6.45) is 5.82. The Balaban J connectivity index is 2.02. The molecule has 0 aliphatic heterocycles. The van der Waals surface area contributed by atoms with E-state index in [0.29, 0.717) is 5.78 Å². The second kappa shape index (κ2) is 4.43. The average Bonchev–Trinajstić information content (AvgIpc) is 2.87. The topological polar surface area (TPSA) is 22.0 Å². The molecule has 1 aliphatic rings. The number of para-hydroxylation sites is 1. The molecule has 1 aromatic heterocycles. The number of benzene rings is 1. The molecule has 1 aromatic carbocycles. The molecule has 0 amide bonds. The molecule has 3 heteroatoms. The molecule has 18 heavy (non-hydrogen) atoms. The van der Waals surface area contributed by atoms with E-state index in [1.54, 1.807) is 0 Å². The molecule has 0 radical (unpaired) electrons. The highest BCUT2D eigenvalue weighted by Gasteiger charge is 2.25. The number of Topliss-reactive ketones (excluding diaryl/α,β-unsaturated/α-hetero) is 1. The number of hydrogen-bond acceptors (Lipinski definition) is 1. The van der Waals surface area contributed by atoms with Gasteiger partial charge in [0, 0.05) is 31.0 Å². The Labute approximate surface area is 112 Å². The van der Waals surface area contributed by atoms with E-state index >= 15 is 0 Å². The maximum absolute atomic E-state index is 11.8. The number of hydrogen-bond donors (Lipinski definition) is 0. The van der Waals surface area contributed by atoms with Crippen molar-refractivity contribution in [2.75, 3.05) is 0 Å². The van der Waals surface area contributed by atoms with Gasteiger partial charge in [-0.3, -0.25) is 4.79 Å². The molecular formula is C15H16ClNO. The summed E-state index contributed by atoms with van der Waals surface area (Å²) < 4.78 is 2.06. The summed E-state index contributed by atoms with van der Waals surface area (Å²) in [5.74, 6) is 0.642. The molecule has 0 spiro atoms. The van der Waals surface area contributed by atoms with E-state index in [9.17, 15) is 4.79 Å². The van der Waals surface area contributed by atoms with Gasteiger partial charge < -0.3 is 4.57 Å². The number of carbonyl (C=O) groups is 1. The van der Waals surface area contributed by atoms with Crippen LogP contribution in [0.1, 0.15) is 24.8 Å². The van der Waals surface area contributed by atoms with Gasteiger partial charge in [0.1, 0.15) is 5.78 Å². The third-order valence-electron chi connectivity index (χ3n) is 3.93. The largest absolute Gasteiger partial charge is 0.349 e. The highest BCUT2D eigenvalue weighted by atomic mass is 35.5. The zero-order chi connectivity index (χ0) is 12.7. The van der Waals surface area contributed by atoms with Crippen molar-refractivity contribution in [1.82, 2.24) is 4.57 Å². The van der Waals surface area contributed by atoms with Crippen LogP contribution in [0.25, 0.3) is 10.9 Å². The minimum absolute atomic E-state index is 0.217. The van der Waals surface area contributed by atoms with Crippen LogP contribution < -0.4 is 0 Å². The number of aromatic nitrogens is 1. The predicted octanol–water partition coefficient (Wildman–Crippen LogP) is 3.74. The Morgan fingerprint density at radius 3 is 3.00 bits per heavy atom. The molecule has 2 nitrogen and oxygen atoms in total. The van der Waals surface area contributed by atoms with Gasteiger partial charge in [0.25, 0.3) is 0 Å². The molecule has 1 heterocycles. The summed E-state index contributed by atoms with van der Waals surface area (Å²) in [5, 5.41) is 1.96. The Kier molecular flexibility index (Phi) is 2.90. The van der Waals surface area contributed by atoms with Gasteiger partial charge in [-0.05, 0) is 30.9 Å². The lowest BCUT2D eigenvalue weighted by Crippen LogP contribution is -2.09. The van der Waals surface area contributed by atoms with Crippen LogP contribution in [0.5, 0.6) is 0 Å². The zero-order valence-corrected chi connectivity index (χ0v) is 11.2. The molecule has 2 aromatic rings. The van der Waals surface area contributed by atoms with Crippen molar-refractivity contribution < 1.29 is 4.79 Å². The maximum Gasteiger partial charge on any atom is 0.136 e. The lowest BCUT2D eigenvalue weighted by atomic mass is 9.97. The van der Waals surface area contributed by atoms with Gasteiger partial charge in [-0.2, -0.15) is 0 Å². The highest BCUT2D eigenvalue weighted by Crippen LogP contribution is 2.31. The van der Waals surface area contributed by atoms with Crippen LogP contribution in [-0.2, 0) is 18.3 Å². The van der Waals surface area contributed by atoms with Crippen molar-refractivity contribution in [2.24, 2.45) is 13.0 Å². The molecule has 0 N–H and O–H groups in total. The van der Waals surface area contributed by atoms with Gasteiger partial charge in [0.2, 0.25) is 0 Å². The minimum Gasteiger partial charge on any atom is -0.349 e. The van der Waals surface area contributed by atoms with Crippen LogP contribution in [0.4, 0.5) is 0 Å². The highest BCUT2D eigenvalue weighted by molar-refractivity contribution is 6.35. The lowest BCUT2D eigenvalue weighted by molar-refractivity contribution is -0.120.